The van der Waals surface area contributed by atoms with Gasteiger partial charge < -0.3 is 14.8 Å². The van der Waals surface area contributed by atoms with Gasteiger partial charge in [-0.1, -0.05) is 23.7 Å². The van der Waals surface area contributed by atoms with Crippen LogP contribution >= 0.6 is 27.5 Å². The van der Waals surface area contributed by atoms with Gasteiger partial charge in [-0.05, 0) is 64.2 Å². The van der Waals surface area contributed by atoms with E-state index in [2.05, 4.69) is 27.3 Å². The monoisotopic (exact) mass is 395 g/mol. The van der Waals surface area contributed by atoms with Crippen molar-refractivity contribution in [3.63, 3.8) is 0 Å². The maximum absolute atomic E-state index is 5.94. The Balaban J connectivity index is 1.70. The van der Waals surface area contributed by atoms with Gasteiger partial charge in [0.15, 0.2) is 11.5 Å². The van der Waals surface area contributed by atoms with Crippen molar-refractivity contribution in [3.8, 4) is 11.5 Å². The lowest BCUT2D eigenvalue weighted by atomic mass is 10.2. The number of halogens is 2. The molecule has 5 heteroatoms. The van der Waals surface area contributed by atoms with Gasteiger partial charge in [0.2, 0.25) is 0 Å². The molecular weight excluding hydrogens is 378 g/mol. The molecule has 0 amide bonds. The van der Waals surface area contributed by atoms with E-state index in [9.17, 15) is 0 Å². The summed E-state index contributed by atoms with van der Waals surface area (Å²) in [6, 6.07) is 12.4. The van der Waals surface area contributed by atoms with E-state index < -0.39 is 0 Å². The van der Waals surface area contributed by atoms with Gasteiger partial charge in [0.1, 0.15) is 6.61 Å². The highest BCUT2D eigenvalue weighted by Gasteiger charge is 2.20. The second-order valence-corrected chi connectivity index (χ2v) is 6.97. The van der Waals surface area contributed by atoms with E-state index >= 15 is 0 Å². The topological polar surface area (TPSA) is 30.5 Å². The summed E-state index contributed by atoms with van der Waals surface area (Å²) in [5, 5.41) is 4.23. The van der Waals surface area contributed by atoms with E-state index in [1.807, 2.05) is 30.3 Å². The molecular formula is C18H19BrClNO2. The summed E-state index contributed by atoms with van der Waals surface area (Å²) in [5.41, 5.74) is 2.24. The number of nitrogens with one attached hydrogen (secondary N) is 1. The molecule has 3 nitrogen and oxygen atoms in total. The minimum Gasteiger partial charge on any atom is -0.493 e. The maximum Gasteiger partial charge on any atom is 0.175 e. The Labute approximate surface area is 150 Å². The number of methoxy groups -OCH3 is 1. The van der Waals surface area contributed by atoms with Gasteiger partial charge in [0, 0.05) is 17.6 Å². The number of hydrogen-bond donors (Lipinski definition) is 1. The van der Waals surface area contributed by atoms with Gasteiger partial charge >= 0.3 is 0 Å². The minimum atomic E-state index is 0.464. The zero-order valence-corrected chi connectivity index (χ0v) is 15.3. The van der Waals surface area contributed by atoms with Crippen LogP contribution in [0.4, 0.5) is 0 Å². The van der Waals surface area contributed by atoms with Gasteiger partial charge in [-0.15, -0.1) is 0 Å². The molecule has 0 atom stereocenters. The molecule has 0 unspecified atom stereocenters. The molecule has 1 fully saturated rings. The minimum absolute atomic E-state index is 0.464. The third-order valence-corrected chi connectivity index (χ3v) is 4.60. The molecule has 2 aromatic carbocycles. The Bertz CT molecular complexity index is 671. The Kier molecular flexibility index (Phi) is 5.46. The molecule has 0 aliphatic heterocycles. The molecule has 1 aliphatic rings. The lowest BCUT2D eigenvalue weighted by Gasteiger charge is -2.15. The molecule has 0 spiro atoms. The van der Waals surface area contributed by atoms with Crippen molar-refractivity contribution in [2.24, 2.45) is 0 Å². The van der Waals surface area contributed by atoms with Crippen molar-refractivity contribution in [1.29, 1.82) is 0 Å². The largest absolute Gasteiger partial charge is 0.493 e. The van der Waals surface area contributed by atoms with Crippen molar-refractivity contribution < 1.29 is 9.47 Å². The lowest BCUT2D eigenvalue weighted by molar-refractivity contribution is 0.282. The second kappa shape index (κ2) is 7.56. The average Bonchev–Trinajstić information content (AvgIpc) is 3.37. The molecule has 0 heterocycles. The normalized spacial score (nSPS) is 13.9. The van der Waals surface area contributed by atoms with Crippen LogP contribution in [0.25, 0.3) is 0 Å². The van der Waals surface area contributed by atoms with Crippen molar-refractivity contribution in [2.45, 2.75) is 32.0 Å². The molecule has 0 bridgehead atoms. The van der Waals surface area contributed by atoms with E-state index in [1.165, 1.54) is 18.4 Å². The van der Waals surface area contributed by atoms with Crippen molar-refractivity contribution >= 4 is 27.5 Å². The summed E-state index contributed by atoms with van der Waals surface area (Å²) in [7, 11) is 1.66. The van der Waals surface area contributed by atoms with E-state index in [0.717, 1.165) is 33.1 Å². The zero-order chi connectivity index (χ0) is 16.2. The fourth-order valence-corrected chi connectivity index (χ4v) is 3.03. The highest BCUT2D eigenvalue weighted by Crippen LogP contribution is 2.37. The standard InChI is InChI=1S/C18H19BrClNO2/c1-22-17-9-13(10-21-15-6-7-15)8-16(19)18(17)23-11-12-2-4-14(20)5-3-12/h2-5,8-9,15,21H,6-7,10-11H2,1H3. The van der Waals surface area contributed by atoms with Gasteiger partial charge in [-0.2, -0.15) is 0 Å². The number of rotatable bonds is 7. The first-order valence-electron chi connectivity index (χ1n) is 7.63. The fourth-order valence-electron chi connectivity index (χ4n) is 2.30. The van der Waals surface area contributed by atoms with Crippen LogP contribution in [-0.2, 0) is 13.2 Å². The summed E-state index contributed by atoms with van der Waals surface area (Å²) in [6.07, 6.45) is 2.56. The van der Waals surface area contributed by atoms with Crippen LogP contribution in [0.2, 0.25) is 5.02 Å². The molecule has 2 aromatic rings. The van der Waals surface area contributed by atoms with E-state index in [-0.39, 0.29) is 0 Å². The Morgan fingerprint density at radius 3 is 2.57 bits per heavy atom. The van der Waals surface area contributed by atoms with Crippen LogP contribution in [-0.4, -0.2) is 13.2 Å². The number of ether oxygens (including phenoxy) is 2. The van der Waals surface area contributed by atoms with E-state index in [1.54, 1.807) is 7.11 Å². The molecule has 3 rings (SSSR count). The van der Waals surface area contributed by atoms with Gasteiger partial charge in [-0.3, -0.25) is 0 Å². The smallest absolute Gasteiger partial charge is 0.175 e. The molecule has 1 aliphatic carbocycles. The highest BCUT2D eigenvalue weighted by atomic mass is 79.9. The summed E-state index contributed by atoms with van der Waals surface area (Å²) in [6.45, 7) is 1.31. The van der Waals surface area contributed by atoms with Gasteiger partial charge in [-0.25, -0.2) is 0 Å². The molecule has 1 saturated carbocycles. The van der Waals surface area contributed by atoms with Crippen LogP contribution < -0.4 is 14.8 Å². The third-order valence-electron chi connectivity index (χ3n) is 3.76. The van der Waals surface area contributed by atoms with Crippen molar-refractivity contribution in [3.05, 3.63) is 57.0 Å². The first-order valence-corrected chi connectivity index (χ1v) is 8.80. The molecule has 23 heavy (non-hydrogen) atoms. The summed E-state index contributed by atoms with van der Waals surface area (Å²) < 4.78 is 12.3. The Morgan fingerprint density at radius 2 is 1.91 bits per heavy atom. The molecule has 0 aromatic heterocycles. The van der Waals surface area contributed by atoms with Crippen LogP contribution in [0.1, 0.15) is 24.0 Å². The average molecular weight is 397 g/mol. The second-order valence-electron chi connectivity index (χ2n) is 5.68. The number of benzene rings is 2. The molecule has 0 radical (unpaired) electrons. The van der Waals surface area contributed by atoms with Crippen LogP contribution in [0.5, 0.6) is 11.5 Å². The lowest BCUT2D eigenvalue weighted by Crippen LogP contribution is -2.15. The van der Waals surface area contributed by atoms with Crippen molar-refractivity contribution in [2.75, 3.05) is 7.11 Å². The summed E-state index contributed by atoms with van der Waals surface area (Å²) >= 11 is 9.49. The van der Waals surface area contributed by atoms with Crippen molar-refractivity contribution in [1.82, 2.24) is 5.32 Å². The zero-order valence-electron chi connectivity index (χ0n) is 12.9. The molecule has 1 N–H and O–H groups in total. The third kappa shape index (κ3) is 4.63. The first kappa shape index (κ1) is 16.6. The Hall–Kier alpha value is -1.23. The fraction of sp³-hybridized carbons (Fsp3) is 0.333. The van der Waals surface area contributed by atoms with Crippen LogP contribution in [0.3, 0.4) is 0 Å². The van der Waals surface area contributed by atoms with E-state index in [0.29, 0.717) is 12.6 Å². The molecule has 122 valence electrons. The van der Waals surface area contributed by atoms with E-state index in [4.69, 9.17) is 21.1 Å². The quantitative estimate of drug-likeness (QED) is 0.719. The highest BCUT2D eigenvalue weighted by molar-refractivity contribution is 9.10. The maximum atomic E-state index is 5.94. The number of hydrogen-bond acceptors (Lipinski definition) is 3. The Morgan fingerprint density at radius 1 is 1.17 bits per heavy atom. The predicted molar refractivity (Wildman–Crippen MR) is 96.3 cm³/mol. The first-order chi connectivity index (χ1) is 11.2. The van der Waals surface area contributed by atoms with Crippen LogP contribution in [0.15, 0.2) is 40.9 Å². The predicted octanol–water partition coefficient (Wildman–Crippen LogP) is 4.94. The SMILES string of the molecule is COc1cc(CNC2CC2)cc(Br)c1OCc1ccc(Cl)cc1. The summed E-state index contributed by atoms with van der Waals surface area (Å²) in [5.74, 6) is 1.46. The summed E-state index contributed by atoms with van der Waals surface area (Å²) in [4.78, 5) is 0. The van der Waals surface area contributed by atoms with Gasteiger partial charge in [0.05, 0.1) is 11.6 Å². The molecule has 0 saturated heterocycles. The van der Waals surface area contributed by atoms with Crippen LogP contribution in [0, 0.1) is 0 Å². The van der Waals surface area contributed by atoms with Gasteiger partial charge in [0.25, 0.3) is 0 Å².